The van der Waals surface area contributed by atoms with Gasteiger partial charge < -0.3 is 23.7 Å². The van der Waals surface area contributed by atoms with Crippen molar-refractivity contribution < 1.29 is 42.9 Å². The van der Waals surface area contributed by atoms with Crippen molar-refractivity contribution in [1.82, 2.24) is 0 Å². The van der Waals surface area contributed by atoms with Crippen molar-refractivity contribution in [3.8, 4) is 0 Å². The molecule has 1 saturated heterocycles. The van der Waals surface area contributed by atoms with Gasteiger partial charge in [0.15, 0.2) is 12.2 Å². The Balaban J connectivity index is 3.28. The number of rotatable bonds is 6. The van der Waals surface area contributed by atoms with E-state index in [1.165, 1.54) is 0 Å². The Morgan fingerprint density at radius 1 is 0.923 bits per heavy atom. The SMILES string of the molecule is CC(=O)OCC1OC(OC(C)=O)C(N=[N+]=[N-])C(OC(C)=O)[C@@H]1OC(C)=O. The topological polar surface area (TPSA) is 163 Å². The minimum atomic E-state index is -1.44. The summed E-state index contributed by atoms with van der Waals surface area (Å²) < 4.78 is 25.5. The maximum Gasteiger partial charge on any atom is 0.304 e. The molecule has 5 atom stereocenters. The van der Waals surface area contributed by atoms with Crippen LogP contribution in [0.4, 0.5) is 0 Å². The van der Waals surface area contributed by atoms with Crippen LogP contribution in [0.2, 0.25) is 0 Å². The molecule has 1 aliphatic rings. The second kappa shape index (κ2) is 9.59. The molecule has 0 spiro atoms. The van der Waals surface area contributed by atoms with Crippen molar-refractivity contribution in [2.75, 3.05) is 6.61 Å². The van der Waals surface area contributed by atoms with Gasteiger partial charge in [0.2, 0.25) is 6.29 Å². The third-order valence-corrected chi connectivity index (χ3v) is 3.14. The quantitative estimate of drug-likeness (QED) is 0.210. The van der Waals surface area contributed by atoms with Crippen LogP contribution in [-0.2, 0) is 42.9 Å². The first kappa shape index (κ1) is 21.2. The van der Waals surface area contributed by atoms with E-state index in [0.29, 0.717) is 0 Å². The Bertz CT molecular complexity index is 617. The number of azide groups is 1. The van der Waals surface area contributed by atoms with Crippen LogP contribution in [0.25, 0.3) is 10.4 Å². The lowest BCUT2D eigenvalue weighted by molar-refractivity contribution is -0.267. The summed E-state index contributed by atoms with van der Waals surface area (Å²) >= 11 is 0. The molecule has 0 aliphatic carbocycles. The lowest BCUT2D eigenvalue weighted by Crippen LogP contribution is -2.61. The molecule has 12 heteroatoms. The smallest absolute Gasteiger partial charge is 0.304 e. The Morgan fingerprint density at radius 2 is 1.46 bits per heavy atom. The van der Waals surface area contributed by atoms with Crippen LogP contribution in [0.15, 0.2) is 5.11 Å². The number of nitrogens with zero attached hydrogens (tertiary/aromatic N) is 3. The van der Waals surface area contributed by atoms with Gasteiger partial charge >= 0.3 is 23.9 Å². The molecule has 0 N–H and O–H groups in total. The molecule has 1 aliphatic heterocycles. The molecule has 1 fully saturated rings. The van der Waals surface area contributed by atoms with Crippen LogP contribution in [0.1, 0.15) is 27.7 Å². The van der Waals surface area contributed by atoms with Crippen LogP contribution < -0.4 is 0 Å². The van der Waals surface area contributed by atoms with Crippen molar-refractivity contribution in [2.24, 2.45) is 5.11 Å². The molecule has 0 aromatic rings. The summed E-state index contributed by atoms with van der Waals surface area (Å²) in [7, 11) is 0. The van der Waals surface area contributed by atoms with E-state index in [4.69, 9.17) is 29.2 Å². The molecular weight excluding hydrogens is 354 g/mol. The van der Waals surface area contributed by atoms with E-state index in [9.17, 15) is 19.2 Å². The number of hydrogen-bond acceptors (Lipinski definition) is 10. The fourth-order valence-electron chi connectivity index (χ4n) is 2.33. The Labute approximate surface area is 148 Å². The summed E-state index contributed by atoms with van der Waals surface area (Å²) in [6, 6.07) is -1.33. The summed E-state index contributed by atoms with van der Waals surface area (Å²) in [6.07, 6.45) is -5.18. The van der Waals surface area contributed by atoms with Crippen molar-refractivity contribution >= 4 is 23.9 Å². The van der Waals surface area contributed by atoms with E-state index >= 15 is 0 Å². The fourth-order valence-corrected chi connectivity index (χ4v) is 2.33. The zero-order valence-corrected chi connectivity index (χ0v) is 14.6. The molecule has 0 bridgehead atoms. The Hall–Kier alpha value is -2.85. The second-order valence-corrected chi connectivity index (χ2v) is 5.30. The van der Waals surface area contributed by atoms with Gasteiger partial charge in [-0.3, -0.25) is 19.2 Å². The third kappa shape index (κ3) is 6.22. The van der Waals surface area contributed by atoms with Gasteiger partial charge in [0.1, 0.15) is 18.8 Å². The molecule has 0 aromatic carbocycles. The van der Waals surface area contributed by atoms with Crippen LogP contribution >= 0.6 is 0 Å². The summed E-state index contributed by atoms with van der Waals surface area (Å²) in [5.74, 6) is -2.90. The Morgan fingerprint density at radius 3 is 1.92 bits per heavy atom. The van der Waals surface area contributed by atoms with Crippen LogP contribution in [-0.4, -0.2) is 61.1 Å². The van der Waals surface area contributed by atoms with Crippen LogP contribution in [0, 0.1) is 0 Å². The van der Waals surface area contributed by atoms with Gasteiger partial charge in [0.05, 0.1) is 0 Å². The van der Waals surface area contributed by atoms with E-state index in [1.54, 1.807) is 0 Å². The van der Waals surface area contributed by atoms with Gasteiger partial charge in [-0.1, -0.05) is 5.11 Å². The van der Waals surface area contributed by atoms with Gasteiger partial charge in [0, 0.05) is 32.6 Å². The molecule has 144 valence electrons. The summed E-state index contributed by atoms with van der Waals surface area (Å²) in [5.41, 5.74) is 8.78. The highest BCUT2D eigenvalue weighted by atomic mass is 16.7. The number of carbonyl (C=O) groups excluding carboxylic acids is 4. The minimum absolute atomic E-state index is 0.383. The third-order valence-electron chi connectivity index (χ3n) is 3.14. The van der Waals surface area contributed by atoms with E-state index < -0.39 is 54.5 Å². The average Bonchev–Trinajstić information content (AvgIpc) is 2.49. The fraction of sp³-hybridized carbons (Fsp3) is 0.714. The normalized spacial score (nSPS) is 27.5. The first-order chi connectivity index (χ1) is 12.1. The van der Waals surface area contributed by atoms with Gasteiger partial charge in [-0.2, -0.15) is 0 Å². The van der Waals surface area contributed by atoms with Gasteiger partial charge in [-0.05, 0) is 5.53 Å². The number of ether oxygens (including phenoxy) is 5. The molecule has 4 unspecified atom stereocenters. The summed E-state index contributed by atoms with van der Waals surface area (Å²) in [6.45, 7) is 4.06. The molecule has 0 amide bonds. The second-order valence-electron chi connectivity index (χ2n) is 5.30. The monoisotopic (exact) mass is 373 g/mol. The molecule has 1 heterocycles. The zero-order valence-electron chi connectivity index (χ0n) is 14.6. The summed E-state index contributed by atoms with van der Waals surface area (Å²) in [4.78, 5) is 47.9. The highest BCUT2D eigenvalue weighted by molar-refractivity contribution is 5.68. The van der Waals surface area contributed by atoms with E-state index in [0.717, 1.165) is 27.7 Å². The molecule has 0 radical (unpaired) electrons. The summed E-state index contributed by atoms with van der Waals surface area (Å²) in [5, 5.41) is 3.44. The number of esters is 4. The van der Waals surface area contributed by atoms with Crippen molar-refractivity contribution in [2.45, 2.75) is 58.3 Å². The molecule has 12 nitrogen and oxygen atoms in total. The lowest BCUT2D eigenvalue weighted by atomic mass is 9.97. The molecule has 0 saturated carbocycles. The first-order valence-electron chi connectivity index (χ1n) is 7.50. The zero-order chi connectivity index (χ0) is 19.9. The van der Waals surface area contributed by atoms with Crippen molar-refractivity contribution in [3.05, 3.63) is 10.4 Å². The van der Waals surface area contributed by atoms with E-state index in [1.807, 2.05) is 0 Å². The number of carbonyl (C=O) groups is 4. The predicted octanol–water partition coefficient (Wildman–Crippen LogP) is 0.380. The largest absolute Gasteiger partial charge is 0.463 e. The average molecular weight is 373 g/mol. The molecule has 1 rings (SSSR count). The van der Waals surface area contributed by atoms with Crippen molar-refractivity contribution in [3.63, 3.8) is 0 Å². The maximum atomic E-state index is 11.5. The highest BCUT2D eigenvalue weighted by Gasteiger charge is 2.51. The standard InChI is InChI=1S/C14H19N3O9/c1-6(18)22-5-10-12(23-7(2)19)13(24-8(3)20)11(16-17-15)14(26-10)25-9(4)21/h10-14H,5H2,1-4H3/t10?,11?,12-,13?,14?/m1/s1. The van der Waals surface area contributed by atoms with E-state index in [-0.39, 0.29) is 6.61 Å². The maximum absolute atomic E-state index is 11.5. The first-order valence-corrected chi connectivity index (χ1v) is 7.50. The van der Waals surface area contributed by atoms with Crippen LogP contribution in [0.5, 0.6) is 0 Å². The predicted molar refractivity (Wildman–Crippen MR) is 81.1 cm³/mol. The van der Waals surface area contributed by atoms with Gasteiger partial charge in [0.25, 0.3) is 0 Å². The van der Waals surface area contributed by atoms with Gasteiger partial charge in [-0.25, -0.2) is 0 Å². The lowest BCUT2D eigenvalue weighted by Gasteiger charge is -2.42. The van der Waals surface area contributed by atoms with Gasteiger partial charge in [-0.15, -0.1) is 0 Å². The molecular formula is C14H19N3O9. The van der Waals surface area contributed by atoms with Crippen molar-refractivity contribution in [1.29, 1.82) is 0 Å². The molecule has 26 heavy (non-hydrogen) atoms. The minimum Gasteiger partial charge on any atom is -0.463 e. The number of hydrogen-bond donors (Lipinski definition) is 0. The molecule has 0 aromatic heterocycles. The van der Waals surface area contributed by atoms with Crippen LogP contribution in [0.3, 0.4) is 0 Å². The van der Waals surface area contributed by atoms with E-state index in [2.05, 4.69) is 10.0 Å². The highest BCUT2D eigenvalue weighted by Crippen LogP contribution is 2.29. The Kier molecular flexibility index (Phi) is 7.81.